The van der Waals surface area contributed by atoms with Gasteiger partial charge in [0.25, 0.3) is 0 Å². The number of benzene rings is 2. The molecule has 0 radical (unpaired) electrons. The quantitative estimate of drug-likeness (QED) is 0.479. The van der Waals surface area contributed by atoms with Gasteiger partial charge in [-0.2, -0.15) is 13.2 Å². The first-order valence-corrected chi connectivity index (χ1v) is 15.0. The van der Waals surface area contributed by atoms with Crippen LogP contribution in [0.4, 0.5) is 13.2 Å². The highest BCUT2D eigenvalue weighted by molar-refractivity contribution is 7.09. The van der Waals surface area contributed by atoms with E-state index in [0.717, 1.165) is 17.3 Å². The second-order valence-electron chi connectivity index (χ2n) is 8.10. The van der Waals surface area contributed by atoms with Gasteiger partial charge in [0.05, 0.1) is 5.56 Å². The lowest BCUT2D eigenvalue weighted by Gasteiger charge is -2.33. The van der Waals surface area contributed by atoms with Gasteiger partial charge in [-0.1, -0.05) is 91.2 Å². The Morgan fingerprint density at radius 2 is 1.04 bits per heavy atom. The van der Waals surface area contributed by atoms with Crippen molar-refractivity contribution in [2.75, 3.05) is 0 Å². The summed E-state index contributed by atoms with van der Waals surface area (Å²) >= 11 is 0. The van der Waals surface area contributed by atoms with Crippen LogP contribution >= 0.6 is 0 Å². The molecule has 28 heavy (non-hydrogen) atoms. The lowest BCUT2D eigenvalue weighted by atomic mass is 10.2. The van der Waals surface area contributed by atoms with Crippen molar-refractivity contribution in [3.8, 4) is 0 Å². The molecule has 0 amide bonds. The Hall–Kier alpha value is -2.26. The topological polar surface area (TPSA) is 34.1 Å². The maximum atomic E-state index is 12.9. The van der Waals surface area contributed by atoms with Crippen molar-refractivity contribution >= 4 is 36.9 Å². The Bertz CT molecular complexity index is 1080. The van der Waals surface area contributed by atoms with E-state index >= 15 is 0 Å². The van der Waals surface area contributed by atoms with Crippen LogP contribution in [0.25, 0.3) is 0 Å². The van der Waals surface area contributed by atoms with Crippen molar-refractivity contribution < 1.29 is 13.2 Å². The molecule has 3 aromatic rings. The maximum Gasteiger partial charge on any atom is 0.416 e. The van der Waals surface area contributed by atoms with E-state index in [4.69, 9.17) is 0 Å². The van der Waals surface area contributed by atoms with E-state index in [1.54, 1.807) is 0 Å². The van der Waals surface area contributed by atoms with Crippen molar-refractivity contribution in [1.29, 1.82) is 0 Å². The van der Waals surface area contributed by atoms with Crippen LogP contribution in [0.2, 0.25) is 26.2 Å². The first-order valence-electron chi connectivity index (χ1n) is 8.96. The summed E-state index contributed by atoms with van der Waals surface area (Å²) in [5.74, 6) is 0. The Morgan fingerprint density at radius 3 is 1.43 bits per heavy atom. The molecule has 0 bridgehead atoms. The van der Waals surface area contributed by atoms with E-state index in [1.807, 2.05) is 56.5 Å². The fraction of sp³-hybridized carbons (Fsp3) is 0.238. The Balaban J connectivity index is 2.11. The molecule has 0 saturated heterocycles. The molecule has 0 fully saturated rings. The molecule has 0 spiro atoms. The number of halogens is 3. The number of alkyl halides is 3. The average molecular weight is 419 g/mol. The van der Waals surface area contributed by atoms with E-state index in [-0.39, 0.29) is 0 Å². The third-order valence-corrected chi connectivity index (χ3v) is 12.8. The van der Waals surface area contributed by atoms with Gasteiger partial charge in [-0.05, 0) is 10.4 Å². The van der Waals surface area contributed by atoms with E-state index in [2.05, 4.69) is 0 Å². The van der Waals surface area contributed by atoms with Crippen LogP contribution in [-0.4, -0.2) is 16.1 Å². The molecule has 146 valence electrons. The first-order chi connectivity index (χ1) is 12.9. The molecule has 7 heteroatoms. The Morgan fingerprint density at radius 1 is 0.643 bits per heavy atom. The normalized spacial score (nSPS) is 13.1. The zero-order valence-corrected chi connectivity index (χ0v) is 18.1. The highest BCUT2D eigenvalue weighted by Crippen LogP contribution is 2.28. The molecule has 0 atom stereocenters. The summed E-state index contributed by atoms with van der Waals surface area (Å²) in [6, 6.07) is 14.7. The molecule has 0 N–H and O–H groups in total. The molecule has 2 nitrogen and oxygen atoms in total. The molecule has 0 aliphatic carbocycles. The molecular weight excluding hydrogens is 397 g/mol. The summed E-state index contributed by atoms with van der Waals surface area (Å²) in [6.07, 6.45) is -4.40. The van der Waals surface area contributed by atoms with E-state index in [1.165, 1.54) is 12.1 Å². The lowest BCUT2D eigenvalue weighted by Crippen LogP contribution is -2.82. The highest BCUT2D eigenvalue weighted by Gasteiger charge is 2.44. The molecule has 0 aliphatic heterocycles. The maximum absolute atomic E-state index is 12.9. The smallest absolute Gasteiger partial charge is 0.286 e. The predicted octanol–water partition coefficient (Wildman–Crippen LogP) is 1.95. The van der Waals surface area contributed by atoms with Crippen molar-refractivity contribution in [2.45, 2.75) is 32.4 Å². The molecule has 0 heterocycles. The first kappa shape index (κ1) is 20.5. The van der Waals surface area contributed by atoms with Crippen LogP contribution < -0.4 is 31.6 Å². The van der Waals surface area contributed by atoms with Gasteiger partial charge in [0, 0.05) is 0 Å². The molecule has 0 aromatic heterocycles. The number of hydrogen-bond acceptors (Lipinski definition) is 2. The molecular formula is C21H21F3O2Si2. The van der Waals surface area contributed by atoms with Gasteiger partial charge >= 0.3 is 6.18 Å². The Kier molecular flexibility index (Phi) is 4.88. The zero-order chi connectivity index (χ0) is 20.9. The van der Waals surface area contributed by atoms with Gasteiger partial charge in [-0.3, -0.25) is 9.59 Å². The largest absolute Gasteiger partial charge is 0.416 e. The van der Waals surface area contributed by atoms with Gasteiger partial charge in [0.2, 0.25) is 10.9 Å². The summed E-state index contributed by atoms with van der Waals surface area (Å²) in [6.45, 7) is 7.92. The van der Waals surface area contributed by atoms with Crippen LogP contribution in [0, 0.1) is 0 Å². The highest BCUT2D eigenvalue weighted by atomic mass is 28.3. The van der Waals surface area contributed by atoms with E-state index in [9.17, 15) is 22.8 Å². The second kappa shape index (κ2) is 6.67. The summed E-state index contributed by atoms with van der Waals surface area (Å²) in [5.41, 5.74) is -1.61. The summed E-state index contributed by atoms with van der Waals surface area (Å²) in [7, 11) is -5.00. The van der Waals surface area contributed by atoms with Crippen molar-refractivity contribution in [3.05, 3.63) is 80.6 Å². The van der Waals surface area contributed by atoms with E-state index < -0.39 is 38.7 Å². The summed E-state index contributed by atoms with van der Waals surface area (Å²) < 4.78 is 38.6. The average Bonchev–Trinajstić information content (AvgIpc) is 2.65. The number of hydrogen-bond donors (Lipinski definition) is 0. The standard InChI is InChI=1S/C21H21F3O2Si2/c1-27(2,15-8-6-5-7-9-15)19-17(25)18(26)20(19)28(3,4)16-12-10-14(11-13-16)21(22,23)24/h5-13H,1-4H3. The van der Waals surface area contributed by atoms with Crippen LogP contribution in [0.15, 0.2) is 64.2 Å². The molecule has 0 saturated carbocycles. The van der Waals surface area contributed by atoms with Crippen LogP contribution in [0.1, 0.15) is 5.56 Å². The summed E-state index contributed by atoms with van der Waals surface area (Å²) in [4.78, 5) is 25.1. The second-order valence-corrected chi connectivity index (χ2v) is 16.8. The third-order valence-electron chi connectivity index (χ3n) is 5.59. The van der Waals surface area contributed by atoms with Gasteiger partial charge in [-0.15, -0.1) is 0 Å². The third kappa shape index (κ3) is 3.22. The van der Waals surface area contributed by atoms with Crippen LogP contribution in [-0.2, 0) is 6.18 Å². The zero-order valence-electron chi connectivity index (χ0n) is 16.1. The van der Waals surface area contributed by atoms with Gasteiger partial charge < -0.3 is 0 Å². The lowest BCUT2D eigenvalue weighted by molar-refractivity contribution is -0.137. The van der Waals surface area contributed by atoms with Gasteiger partial charge in [0.15, 0.2) is 0 Å². The van der Waals surface area contributed by atoms with Crippen LogP contribution in [0.5, 0.6) is 0 Å². The minimum atomic E-state index is -4.40. The fourth-order valence-electron chi connectivity index (χ4n) is 3.80. The minimum absolute atomic E-state index is 0.428. The minimum Gasteiger partial charge on any atom is -0.286 e. The SMILES string of the molecule is C[Si](C)(c1ccccc1)c1c([Si](C)(C)c2ccc(C(F)(F)F)cc2)c(=O)c1=O. The van der Waals surface area contributed by atoms with Crippen molar-refractivity contribution in [3.63, 3.8) is 0 Å². The monoisotopic (exact) mass is 418 g/mol. The number of rotatable bonds is 4. The molecule has 0 aliphatic rings. The molecule has 3 aromatic carbocycles. The van der Waals surface area contributed by atoms with Crippen molar-refractivity contribution in [2.24, 2.45) is 0 Å². The molecule has 3 rings (SSSR count). The predicted molar refractivity (Wildman–Crippen MR) is 113 cm³/mol. The van der Waals surface area contributed by atoms with Crippen LogP contribution in [0.3, 0.4) is 0 Å². The molecule has 0 unspecified atom stereocenters. The summed E-state index contributed by atoms with van der Waals surface area (Å²) in [5, 5.41) is 2.96. The Labute approximate surface area is 163 Å². The van der Waals surface area contributed by atoms with Gasteiger partial charge in [0.1, 0.15) is 16.1 Å². The van der Waals surface area contributed by atoms with Crippen molar-refractivity contribution in [1.82, 2.24) is 0 Å². The fourth-order valence-corrected chi connectivity index (χ4v) is 11.1. The van der Waals surface area contributed by atoms with Gasteiger partial charge in [-0.25, -0.2) is 0 Å². The van der Waals surface area contributed by atoms with E-state index in [0.29, 0.717) is 15.6 Å².